The molecule has 0 unspecified atom stereocenters. The molecule has 152 valence electrons. The van der Waals surface area contributed by atoms with Gasteiger partial charge in [-0.2, -0.15) is 5.26 Å². The molecule has 6 nitrogen and oxygen atoms in total. The summed E-state index contributed by atoms with van der Waals surface area (Å²) in [5.74, 6) is 2.44. The first kappa shape index (κ1) is 19.7. The molecule has 6 heteroatoms. The molecule has 2 aromatic carbocycles. The van der Waals surface area contributed by atoms with Gasteiger partial charge in [0.1, 0.15) is 17.5 Å². The third-order valence-electron chi connectivity index (χ3n) is 5.63. The topological polar surface area (TPSA) is 68.1 Å². The molecule has 1 aromatic heterocycles. The van der Waals surface area contributed by atoms with E-state index in [9.17, 15) is 0 Å². The Balaban J connectivity index is 1.47. The second-order valence-corrected chi connectivity index (χ2v) is 7.67. The van der Waals surface area contributed by atoms with Crippen LogP contribution in [-0.2, 0) is 0 Å². The van der Waals surface area contributed by atoms with Gasteiger partial charge in [0.05, 0.1) is 11.6 Å². The van der Waals surface area contributed by atoms with E-state index in [0.717, 1.165) is 49.3 Å². The predicted octanol–water partition coefficient (Wildman–Crippen LogP) is 4.34. The summed E-state index contributed by atoms with van der Waals surface area (Å²) in [5.41, 5.74) is 5.56. The van der Waals surface area contributed by atoms with Crippen molar-refractivity contribution in [2.24, 2.45) is 0 Å². The maximum atomic E-state index is 8.96. The minimum absolute atomic E-state index is 0.641. The van der Waals surface area contributed by atoms with Gasteiger partial charge in [-0.15, -0.1) is 0 Å². The largest absolute Gasteiger partial charge is 0.368 e. The zero-order valence-electron chi connectivity index (χ0n) is 17.7. The summed E-state index contributed by atoms with van der Waals surface area (Å²) in [6.07, 6.45) is 0. The average molecular weight is 399 g/mol. The van der Waals surface area contributed by atoms with Gasteiger partial charge in [0.2, 0.25) is 0 Å². The molecule has 0 spiro atoms. The van der Waals surface area contributed by atoms with Gasteiger partial charge in [-0.05, 0) is 62.2 Å². The Morgan fingerprint density at radius 3 is 2.30 bits per heavy atom. The molecule has 0 saturated carbocycles. The van der Waals surface area contributed by atoms with Gasteiger partial charge >= 0.3 is 0 Å². The van der Waals surface area contributed by atoms with E-state index in [-0.39, 0.29) is 0 Å². The van der Waals surface area contributed by atoms with Crippen molar-refractivity contribution in [1.29, 1.82) is 5.26 Å². The van der Waals surface area contributed by atoms with Crippen molar-refractivity contribution in [2.45, 2.75) is 20.8 Å². The second-order valence-electron chi connectivity index (χ2n) is 7.67. The van der Waals surface area contributed by atoms with E-state index in [1.54, 1.807) is 12.1 Å². The molecule has 30 heavy (non-hydrogen) atoms. The molecule has 1 saturated heterocycles. The Kier molecular flexibility index (Phi) is 5.53. The van der Waals surface area contributed by atoms with Crippen LogP contribution in [0.5, 0.6) is 0 Å². The average Bonchev–Trinajstić information content (AvgIpc) is 2.76. The minimum Gasteiger partial charge on any atom is -0.368 e. The number of nitriles is 1. The van der Waals surface area contributed by atoms with Crippen LogP contribution in [0, 0.1) is 32.1 Å². The number of rotatable bonds is 4. The number of nitrogens with zero attached hydrogens (tertiary/aromatic N) is 5. The maximum absolute atomic E-state index is 8.96. The van der Waals surface area contributed by atoms with Gasteiger partial charge < -0.3 is 15.1 Å². The minimum atomic E-state index is 0.641. The number of anilines is 4. The van der Waals surface area contributed by atoms with Crippen LogP contribution in [0.1, 0.15) is 22.5 Å². The molecular weight excluding hydrogens is 372 g/mol. The van der Waals surface area contributed by atoms with Crippen LogP contribution in [0.15, 0.2) is 48.5 Å². The van der Waals surface area contributed by atoms with Crippen LogP contribution in [-0.4, -0.2) is 36.1 Å². The van der Waals surface area contributed by atoms with Gasteiger partial charge in [0, 0.05) is 43.6 Å². The molecule has 1 fully saturated rings. The number of aromatic nitrogens is 2. The van der Waals surface area contributed by atoms with Crippen molar-refractivity contribution in [3.8, 4) is 6.07 Å². The number of hydrogen-bond acceptors (Lipinski definition) is 6. The van der Waals surface area contributed by atoms with Crippen LogP contribution >= 0.6 is 0 Å². The monoisotopic (exact) mass is 398 g/mol. The highest BCUT2D eigenvalue weighted by molar-refractivity contribution is 5.61. The van der Waals surface area contributed by atoms with E-state index in [2.05, 4.69) is 63.2 Å². The van der Waals surface area contributed by atoms with Crippen molar-refractivity contribution in [3.05, 3.63) is 71.0 Å². The predicted molar refractivity (Wildman–Crippen MR) is 122 cm³/mol. The second kappa shape index (κ2) is 8.42. The Labute approximate surface area is 177 Å². The van der Waals surface area contributed by atoms with Crippen molar-refractivity contribution in [2.75, 3.05) is 41.3 Å². The zero-order chi connectivity index (χ0) is 21.1. The highest BCUT2D eigenvalue weighted by Crippen LogP contribution is 2.26. The lowest BCUT2D eigenvalue weighted by molar-refractivity contribution is 0.644. The van der Waals surface area contributed by atoms with E-state index < -0.39 is 0 Å². The van der Waals surface area contributed by atoms with Gasteiger partial charge in [-0.3, -0.25) is 0 Å². The van der Waals surface area contributed by atoms with E-state index >= 15 is 0 Å². The van der Waals surface area contributed by atoms with Crippen molar-refractivity contribution in [1.82, 2.24) is 9.97 Å². The third kappa shape index (κ3) is 4.20. The zero-order valence-corrected chi connectivity index (χ0v) is 17.7. The van der Waals surface area contributed by atoms with Crippen molar-refractivity contribution >= 4 is 23.0 Å². The van der Waals surface area contributed by atoms with E-state index in [0.29, 0.717) is 5.56 Å². The number of nitrogens with one attached hydrogen (secondary N) is 1. The maximum Gasteiger partial charge on any atom is 0.136 e. The van der Waals surface area contributed by atoms with Crippen LogP contribution in [0.25, 0.3) is 0 Å². The normalized spacial score (nSPS) is 13.8. The first-order valence-electron chi connectivity index (χ1n) is 10.2. The molecule has 0 atom stereocenters. The Bertz CT molecular complexity index is 1080. The summed E-state index contributed by atoms with van der Waals surface area (Å²) in [6, 6.07) is 18.0. The number of hydrogen-bond donors (Lipinski definition) is 1. The molecular formula is C24H26N6. The summed E-state index contributed by atoms with van der Waals surface area (Å²) in [6.45, 7) is 10.0. The summed E-state index contributed by atoms with van der Waals surface area (Å²) in [7, 11) is 0. The first-order valence-corrected chi connectivity index (χ1v) is 10.2. The van der Waals surface area contributed by atoms with E-state index in [4.69, 9.17) is 5.26 Å². The van der Waals surface area contributed by atoms with Gasteiger partial charge in [-0.25, -0.2) is 9.97 Å². The highest BCUT2D eigenvalue weighted by atomic mass is 15.3. The summed E-state index contributed by atoms with van der Waals surface area (Å²) in [4.78, 5) is 14.0. The standard InChI is InChI=1S/C24H26N6/c1-17-5-4-6-22(18(17)2)29-11-13-30(14-12-29)24-15-23(26-19(3)27-24)28-21-9-7-20(16-25)8-10-21/h4-10,15H,11-14H2,1-3H3,(H,26,27,28). The Morgan fingerprint density at radius 2 is 1.60 bits per heavy atom. The molecule has 4 rings (SSSR count). The van der Waals surface area contributed by atoms with Gasteiger partial charge in [-0.1, -0.05) is 12.1 Å². The molecule has 0 aliphatic carbocycles. The Morgan fingerprint density at radius 1 is 0.900 bits per heavy atom. The van der Waals surface area contributed by atoms with E-state index in [1.165, 1.54) is 16.8 Å². The molecule has 0 bridgehead atoms. The lowest BCUT2D eigenvalue weighted by Gasteiger charge is -2.37. The highest BCUT2D eigenvalue weighted by Gasteiger charge is 2.20. The molecule has 1 aliphatic rings. The van der Waals surface area contributed by atoms with Crippen molar-refractivity contribution in [3.63, 3.8) is 0 Å². The van der Waals surface area contributed by atoms with Crippen LogP contribution in [0.3, 0.4) is 0 Å². The Hall–Kier alpha value is -3.59. The summed E-state index contributed by atoms with van der Waals surface area (Å²) < 4.78 is 0. The first-order chi connectivity index (χ1) is 14.5. The number of benzene rings is 2. The quantitative estimate of drug-likeness (QED) is 0.705. The molecule has 1 aliphatic heterocycles. The third-order valence-corrected chi connectivity index (χ3v) is 5.63. The SMILES string of the molecule is Cc1nc(Nc2ccc(C#N)cc2)cc(N2CCN(c3cccc(C)c3C)CC2)n1. The lowest BCUT2D eigenvalue weighted by atomic mass is 10.1. The fraction of sp³-hybridized carbons (Fsp3) is 0.292. The van der Waals surface area contributed by atoms with Gasteiger partial charge in [0.15, 0.2) is 0 Å². The molecule has 3 aromatic rings. The summed E-state index contributed by atoms with van der Waals surface area (Å²) >= 11 is 0. The number of aryl methyl sites for hydroxylation is 2. The van der Waals surface area contributed by atoms with Crippen LogP contribution in [0.2, 0.25) is 0 Å². The van der Waals surface area contributed by atoms with Crippen LogP contribution in [0.4, 0.5) is 23.0 Å². The molecule has 0 amide bonds. The van der Waals surface area contributed by atoms with Crippen molar-refractivity contribution < 1.29 is 0 Å². The fourth-order valence-electron chi connectivity index (χ4n) is 3.81. The van der Waals surface area contributed by atoms with E-state index in [1.807, 2.05) is 25.1 Å². The van der Waals surface area contributed by atoms with Gasteiger partial charge in [0.25, 0.3) is 0 Å². The molecule has 1 N–H and O–H groups in total. The summed E-state index contributed by atoms with van der Waals surface area (Å²) in [5, 5.41) is 12.3. The molecule has 0 radical (unpaired) electrons. The lowest BCUT2D eigenvalue weighted by Crippen LogP contribution is -2.47. The number of piperazine rings is 1. The van der Waals surface area contributed by atoms with Crippen LogP contribution < -0.4 is 15.1 Å². The molecule has 2 heterocycles. The fourth-order valence-corrected chi connectivity index (χ4v) is 3.81. The smallest absolute Gasteiger partial charge is 0.136 e.